The molecule has 0 bridgehead atoms. The number of aryl methyl sites for hydroxylation is 1. The number of benzene rings is 2. The molecule has 29 heavy (non-hydrogen) atoms. The van der Waals surface area contributed by atoms with Gasteiger partial charge in [-0.05, 0) is 41.0 Å². The van der Waals surface area contributed by atoms with Gasteiger partial charge in [0.05, 0.1) is 5.56 Å². The van der Waals surface area contributed by atoms with E-state index in [1.165, 1.54) is 0 Å². The summed E-state index contributed by atoms with van der Waals surface area (Å²) >= 11 is 0. The van der Waals surface area contributed by atoms with Gasteiger partial charge in [-0.1, -0.05) is 65.3 Å². The summed E-state index contributed by atoms with van der Waals surface area (Å²) in [6.07, 6.45) is -4.48. The molecule has 0 amide bonds. The number of hydrogen-bond donors (Lipinski definition) is 0. The van der Waals surface area contributed by atoms with Crippen molar-refractivity contribution in [3.05, 3.63) is 63.7 Å². The lowest BCUT2D eigenvalue weighted by atomic mass is 9.77. The van der Waals surface area contributed by atoms with E-state index in [2.05, 4.69) is 20.8 Å². The number of hydrogen-bond acceptors (Lipinski definition) is 2. The molecular formula is C24H27F3O2. The highest BCUT2D eigenvalue weighted by molar-refractivity contribution is 5.90. The Balaban J connectivity index is 2.28. The number of carbonyl (C=O) groups is 1. The molecular weight excluding hydrogens is 377 g/mol. The van der Waals surface area contributed by atoms with Crippen molar-refractivity contribution in [3.63, 3.8) is 0 Å². The van der Waals surface area contributed by atoms with Gasteiger partial charge < -0.3 is 4.74 Å². The van der Waals surface area contributed by atoms with Crippen molar-refractivity contribution in [1.29, 1.82) is 0 Å². The fraction of sp³-hybridized carbons (Fsp3) is 0.458. The van der Waals surface area contributed by atoms with Crippen LogP contribution in [0.4, 0.5) is 13.2 Å². The molecule has 2 aromatic rings. The van der Waals surface area contributed by atoms with Crippen molar-refractivity contribution in [2.24, 2.45) is 0 Å². The maximum Gasteiger partial charge on any atom is 0.416 e. The minimum atomic E-state index is -4.48. The van der Waals surface area contributed by atoms with Gasteiger partial charge >= 0.3 is 12.1 Å². The molecule has 3 rings (SSSR count). The smallest absolute Gasteiger partial charge is 0.416 e. The van der Waals surface area contributed by atoms with Gasteiger partial charge in [-0.3, -0.25) is 4.79 Å². The molecule has 0 radical (unpaired) electrons. The molecule has 2 nitrogen and oxygen atoms in total. The molecule has 156 valence electrons. The third-order valence-corrected chi connectivity index (χ3v) is 5.30. The van der Waals surface area contributed by atoms with Crippen LogP contribution in [0.3, 0.4) is 0 Å². The fourth-order valence-corrected chi connectivity index (χ4v) is 3.71. The number of alkyl halides is 3. The summed E-state index contributed by atoms with van der Waals surface area (Å²) in [7, 11) is 0. The predicted molar refractivity (Wildman–Crippen MR) is 108 cm³/mol. The van der Waals surface area contributed by atoms with E-state index < -0.39 is 23.6 Å². The van der Waals surface area contributed by atoms with Gasteiger partial charge in [-0.15, -0.1) is 0 Å². The molecule has 0 N–H and O–H groups in total. The van der Waals surface area contributed by atoms with Crippen molar-refractivity contribution in [2.75, 3.05) is 0 Å². The Labute approximate surface area is 170 Å². The van der Waals surface area contributed by atoms with E-state index in [1.54, 1.807) is 13.0 Å². The monoisotopic (exact) mass is 404 g/mol. The molecule has 1 atom stereocenters. The molecule has 1 aliphatic rings. The van der Waals surface area contributed by atoms with Gasteiger partial charge in [0.25, 0.3) is 0 Å². The summed E-state index contributed by atoms with van der Waals surface area (Å²) in [5.74, 6) is -0.916. The van der Waals surface area contributed by atoms with Crippen LogP contribution in [0.5, 0.6) is 5.75 Å². The summed E-state index contributed by atoms with van der Waals surface area (Å²) in [6, 6.07) is 7.75. The van der Waals surface area contributed by atoms with Gasteiger partial charge in [0.2, 0.25) is 0 Å². The second-order valence-electron chi connectivity index (χ2n) is 9.93. The highest BCUT2D eigenvalue weighted by Crippen LogP contribution is 2.47. The first kappa shape index (κ1) is 21.4. The molecule has 0 fully saturated rings. The second-order valence-corrected chi connectivity index (χ2v) is 9.93. The average Bonchev–Trinajstić information content (AvgIpc) is 2.86. The minimum absolute atomic E-state index is 0.186. The van der Waals surface area contributed by atoms with Crippen LogP contribution < -0.4 is 4.74 Å². The molecule has 1 unspecified atom stereocenters. The molecule has 0 spiro atoms. The van der Waals surface area contributed by atoms with E-state index in [9.17, 15) is 18.0 Å². The lowest BCUT2D eigenvalue weighted by molar-refractivity contribution is -0.138. The van der Waals surface area contributed by atoms with Crippen LogP contribution in [0.15, 0.2) is 30.3 Å². The first-order valence-corrected chi connectivity index (χ1v) is 9.68. The molecule has 1 heterocycles. The lowest BCUT2D eigenvalue weighted by Gasteiger charge is -2.27. The lowest BCUT2D eigenvalue weighted by Crippen LogP contribution is -2.17. The summed E-state index contributed by atoms with van der Waals surface area (Å²) in [5, 5.41) is 0. The summed E-state index contributed by atoms with van der Waals surface area (Å²) in [4.78, 5) is 12.8. The topological polar surface area (TPSA) is 26.3 Å². The van der Waals surface area contributed by atoms with Gasteiger partial charge in [0.1, 0.15) is 11.7 Å². The maximum atomic E-state index is 13.4. The number of rotatable bonds is 1. The standard InChI is InChI=1S/C24H27F3O2/c1-13-8-14(10-16(9-13)24(25,26)27)19-17-11-15(22(2,3)4)12-18(23(5,6)7)20(17)29-21(19)28/h8-12,19H,1-7H3. The molecule has 0 saturated carbocycles. The minimum Gasteiger partial charge on any atom is -0.425 e. The van der Waals surface area contributed by atoms with Crippen LogP contribution in [0, 0.1) is 6.92 Å². The van der Waals surface area contributed by atoms with E-state index in [1.807, 2.05) is 32.9 Å². The predicted octanol–water partition coefficient (Wildman–Crippen LogP) is 6.66. The van der Waals surface area contributed by atoms with Crippen molar-refractivity contribution < 1.29 is 22.7 Å². The number of esters is 1. The Hall–Kier alpha value is -2.30. The maximum absolute atomic E-state index is 13.4. The average molecular weight is 404 g/mol. The Morgan fingerprint density at radius 3 is 1.97 bits per heavy atom. The molecule has 5 heteroatoms. The summed E-state index contributed by atoms with van der Waals surface area (Å²) < 4.78 is 45.7. The van der Waals surface area contributed by atoms with Crippen LogP contribution in [-0.4, -0.2) is 5.97 Å². The second kappa shape index (κ2) is 6.61. The Bertz CT molecular complexity index is 973. The zero-order valence-electron chi connectivity index (χ0n) is 17.9. The number of ether oxygens (including phenoxy) is 1. The highest BCUT2D eigenvalue weighted by atomic mass is 19.4. The SMILES string of the molecule is Cc1cc(C2C(=O)Oc3c2cc(C(C)(C)C)cc3C(C)(C)C)cc(C(F)(F)F)c1. The molecule has 0 aromatic heterocycles. The molecule has 1 aliphatic heterocycles. The van der Waals surface area contributed by atoms with Crippen LogP contribution in [0.1, 0.15) is 80.8 Å². The van der Waals surface area contributed by atoms with Crippen molar-refractivity contribution >= 4 is 5.97 Å². The molecule has 0 aliphatic carbocycles. The molecule has 2 aromatic carbocycles. The van der Waals surface area contributed by atoms with E-state index in [0.717, 1.165) is 23.3 Å². The first-order valence-electron chi connectivity index (χ1n) is 9.68. The van der Waals surface area contributed by atoms with E-state index in [-0.39, 0.29) is 10.8 Å². The normalized spacial score (nSPS) is 17.3. The van der Waals surface area contributed by atoms with Gasteiger partial charge in [-0.2, -0.15) is 13.2 Å². The number of halogens is 3. The van der Waals surface area contributed by atoms with E-state index in [0.29, 0.717) is 22.4 Å². The number of fused-ring (bicyclic) bond motifs is 1. The third-order valence-electron chi connectivity index (χ3n) is 5.30. The zero-order valence-corrected chi connectivity index (χ0v) is 17.9. The third kappa shape index (κ3) is 4.05. The van der Waals surface area contributed by atoms with Crippen molar-refractivity contribution in [2.45, 2.75) is 71.4 Å². The van der Waals surface area contributed by atoms with Crippen molar-refractivity contribution in [3.8, 4) is 5.75 Å². The van der Waals surface area contributed by atoms with Crippen LogP contribution in [0.25, 0.3) is 0 Å². The zero-order chi connectivity index (χ0) is 21.9. The van der Waals surface area contributed by atoms with Gasteiger partial charge in [-0.25, -0.2) is 0 Å². The van der Waals surface area contributed by atoms with Crippen molar-refractivity contribution in [1.82, 2.24) is 0 Å². The summed E-state index contributed by atoms with van der Waals surface area (Å²) in [5.41, 5.74) is 2.10. The van der Waals surface area contributed by atoms with E-state index in [4.69, 9.17) is 4.74 Å². The van der Waals surface area contributed by atoms with E-state index >= 15 is 0 Å². The Kier molecular flexibility index (Phi) is 4.88. The quantitative estimate of drug-likeness (QED) is 0.392. The van der Waals surface area contributed by atoms with Crippen LogP contribution in [-0.2, 0) is 21.8 Å². The highest BCUT2D eigenvalue weighted by Gasteiger charge is 2.41. The fourth-order valence-electron chi connectivity index (χ4n) is 3.71. The molecule has 0 saturated heterocycles. The van der Waals surface area contributed by atoms with Gasteiger partial charge in [0, 0.05) is 11.1 Å². The Morgan fingerprint density at radius 2 is 1.45 bits per heavy atom. The number of carbonyl (C=O) groups excluding carboxylic acids is 1. The Morgan fingerprint density at radius 1 is 0.828 bits per heavy atom. The first-order chi connectivity index (χ1) is 13.1. The summed E-state index contributed by atoms with van der Waals surface area (Å²) in [6.45, 7) is 13.9. The van der Waals surface area contributed by atoms with Crippen LogP contribution >= 0.6 is 0 Å². The van der Waals surface area contributed by atoms with Crippen LogP contribution in [0.2, 0.25) is 0 Å². The van der Waals surface area contributed by atoms with Gasteiger partial charge in [0.15, 0.2) is 0 Å². The largest absolute Gasteiger partial charge is 0.425 e.